The highest BCUT2D eigenvalue weighted by atomic mass is 19.1. The molecule has 3 fully saturated rings. The van der Waals surface area contributed by atoms with Crippen LogP contribution >= 0.6 is 0 Å². The number of carbonyl (C=O) groups excluding carboxylic acids is 1. The third kappa shape index (κ3) is 5.43. The van der Waals surface area contributed by atoms with E-state index in [2.05, 4.69) is 37.5 Å². The second-order valence-electron chi connectivity index (χ2n) is 11.9. The van der Waals surface area contributed by atoms with Crippen LogP contribution < -0.4 is 4.90 Å². The van der Waals surface area contributed by atoms with Crippen molar-refractivity contribution in [2.24, 2.45) is 5.92 Å². The Morgan fingerprint density at radius 2 is 1.58 bits per heavy atom. The number of ether oxygens (including phenoxy) is 1. The number of halogens is 3. The van der Waals surface area contributed by atoms with E-state index in [-0.39, 0.29) is 41.4 Å². The molecule has 2 aromatic rings. The molecule has 5 rings (SSSR count). The van der Waals surface area contributed by atoms with E-state index in [0.717, 1.165) is 24.6 Å². The van der Waals surface area contributed by atoms with E-state index in [1.165, 1.54) is 24.3 Å². The molecule has 0 N–H and O–H groups in total. The zero-order valence-corrected chi connectivity index (χ0v) is 22.7. The Morgan fingerprint density at radius 1 is 0.921 bits per heavy atom. The van der Waals surface area contributed by atoms with Crippen LogP contribution in [-0.2, 0) is 9.53 Å². The average Bonchev–Trinajstić information content (AvgIpc) is 3.29. The fraction of sp³-hybridized carbons (Fsp3) is 0.567. The van der Waals surface area contributed by atoms with Gasteiger partial charge < -0.3 is 14.5 Å². The molecule has 1 unspecified atom stereocenters. The Hall–Kier alpha value is -2.58. The van der Waals surface area contributed by atoms with Crippen LogP contribution in [0.1, 0.15) is 52.0 Å². The predicted octanol–water partition coefficient (Wildman–Crippen LogP) is 5.20. The number of nitrogens with zero attached hydrogens (tertiary/aromatic N) is 3. The first-order valence-electron chi connectivity index (χ1n) is 13.7. The molecule has 0 radical (unpaired) electrons. The van der Waals surface area contributed by atoms with Gasteiger partial charge in [-0.3, -0.25) is 9.69 Å². The highest BCUT2D eigenvalue weighted by molar-refractivity contribution is 5.81. The van der Waals surface area contributed by atoms with Crippen LogP contribution in [0, 0.1) is 23.4 Å². The van der Waals surface area contributed by atoms with Crippen molar-refractivity contribution in [3.8, 4) is 0 Å². The first-order valence-corrected chi connectivity index (χ1v) is 13.7. The molecule has 3 aliphatic rings. The van der Waals surface area contributed by atoms with Crippen molar-refractivity contribution in [1.29, 1.82) is 0 Å². The van der Waals surface area contributed by atoms with Gasteiger partial charge in [-0.2, -0.15) is 0 Å². The Morgan fingerprint density at radius 3 is 2.21 bits per heavy atom. The van der Waals surface area contributed by atoms with Gasteiger partial charge in [0.15, 0.2) is 0 Å². The minimum absolute atomic E-state index is 0.0185. The molecule has 2 aromatic carbocycles. The van der Waals surface area contributed by atoms with Crippen LogP contribution in [0.2, 0.25) is 0 Å². The molecular weight excluding hydrogens is 491 g/mol. The number of rotatable bonds is 4. The van der Waals surface area contributed by atoms with Crippen LogP contribution in [0.5, 0.6) is 0 Å². The van der Waals surface area contributed by atoms with Crippen LogP contribution in [-0.4, -0.2) is 72.2 Å². The normalized spacial score (nSPS) is 30.0. The lowest BCUT2D eigenvalue weighted by atomic mass is 9.87. The molecule has 38 heavy (non-hydrogen) atoms. The van der Waals surface area contributed by atoms with Gasteiger partial charge in [0, 0.05) is 68.6 Å². The quantitative estimate of drug-likeness (QED) is 0.546. The molecule has 206 valence electrons. The molecule has 3 aliphatic heterocycles. The fourth-order valence-electron chi connectivity index (χ4n) is 6.87. The summed E-state index contributed by atoms with van der Waals surface area (Å²) in [4.78, 5) is 20.6. The second-order valence-corrected chi connectivity index (χ2v) is 11.9. The molecule has 5 nitrogen and oxygen atoms in total. The van der Waals surface area contributed by atoms with Gasteiger partial charge in [0.25, 0.3) is 0 Å². The maximum absolute atomic E-state index is 15.0. The topological polar surface area (TPSA) is 36.0 Å². The van der Waals surface area contributed by atoms with Gasteiger partial charge in [-0.05, 0) is 76.4 Å². The molecule has 0 spiro atoms. The van der Waals surface area contributed by atoms with Gasteiger partial charge in [0.2, 0.25) is 5.91 Å². The molecular formula is C30H38F3N3O2. The highest BCUT2D eigenvalue weighted by Gasteiger charge is 2.46. The molecule has 0 bridgehead atoms. The number of benzene rings is 2. The van der Waals surface area contributed by atoms with E-state index in [9.17, 15) is 13.6 Å². The van der Waals surface area contributed by atoms with Crippen molar-refractivity contribution in [3.05, 3.63) is 65.5 Å². The SMILES string of the molecule is C[C@@H]1CN(C(=O)[C@H]2CN(C3CCOC(C)(C)C3)C[C@@H]2c2ccc(F)cc2F)C[C@H](C)N1c1ccc(F)cc1. The summed E-state index contributed by atoms with van der Waals surface area (Å²) < 4.78 is 48.2. The van der Waals surface area contributed by atoms with Crippen molar-refractivity contribution in [2.75, 3.05) is 37.7 Å². The minimum Gasteiger partial charge on any atom is -0.375 e. The van der Waals surface area contributed by atoms with Crippen LogP contribution in [0.15, 0.2) is 42.5 Å². The summed E-state index contributed by atoms with van der Waals surface area (Å²) in [6, 6.07) is 10.5. The third-order valence-electron chi connectivity index (χ3n) is 8.57. The molecule has 5 atom stereocenters. The lowest BCUT2D eigenvalue weighted by Crippen LogP contribution is -2.59. The van der Waals surface area contributed by atoms with E-state index < -0.39 is 17.6 Å². The van der Waals surface area contributed by atoms with E-state index >= 15 is 4.39 Å². The lowest BCUT2D eigenvalue weighted by Gasteiger charge is -2.46. The van der Waals surface area contributed by atoms with Gasteiger partial charge in [-0.25, -0.2) is 13.2 Å². The summed E-state index contributed by atoms with van der Waals surface area (Å²) in [5, 5.41) is 0. The Labute approximate surface area is 223 Å². The molecule has 8 heteroatoms. The molecule has 3 saturated heterocycles. The Balaban J connectivity index is 1.38. The number of amides is 1. The Kier molecular flexibility index (Phi) is 7.48. The van der Waals surface area contributed by atoms with Crippen molar-refractivity contribution >= 4 is 11.6 Å². The second kappa shape index (κ2) is 10.5. The number of hydrogen-bond donors (Lipinski definition) is 0. The minimum atomic E-state index is -0.616. The monoisotopic (exact) mass is 529 g/mol. The third-order valence-corrected chi connectivity index (χ3v) is 8.57. The molecule has 3 heterocycles. The van der Waals surface area contributed by atoms with Gasteiger partial charge >= 0.3 is 0 Å². The first kappa shape index (κ1) is 27.0. The van der Waals surface area contributed by atoms with E-state index in [1.54, 1.807) is 12.1 Å². The highest BCUT2D eigenvalue weighted by Crippen LogP contribution is 2.40. The van der Waals surface area contributed by atoms with Crippen molar-refractivity contribution in [1.82, 2.24) is 9.80 Å². The summed E-state index contributed by atoms with van der Waals surface area (Å²) in [6.07, 6.45) is 1.71. The molecule has 0 aliphatic carbocycles. The summed E-state index contributed by atoms with van der Waals surface area (Å²) in [5.74, 6) is -2.24. The van der Waals surface area contributed by atoms with Crippen molar-refractivity contribution in [3.63, 3.8) is 0 Å². The summed E-state index contributed by atoms with van der Waals surface area (Å²) >= 11 is 0. The van der Waals surface area contributed by atoms with Crippen molar-refractivity contribution < 1.29 is 22.7 Å². The number of piperazine rings is 1. The molecule has 1 amide bonds. The first-order chi connectivity index (χ1) is 18.0. The van der Waals surface area contributed by atoms with Gasteiger partial charge in [-0.1, -0.05) is 6.07 Å². The Bertz CT molecular complexity index is 1150. The number of anilines is 1. The van der Waals surface area contributed by atoms with E-state index in [4.69, 9.17) is 4.74 Å². The van der Waals surface area contributed by atoms with Gasteiger partial charge in [-0.15, -0.1) is 0 Å². The van der Waals surface area contributed by atoms with Crippen molar-refractivity contribution in [2.45, 2.75) is 70.2 Å². The zero-order chi connectivity index (χ0) is 27.2. The summed E-state index contributed by atoms with van der Waals surface area (Å²) in [5.41, 5.74) is 1.09. The number of hydrogen-bond acceptors (Lipinski definition) is 4. The fourth-order valence-corrected chi connectivity index (χ4v) is 6.87. The predicted molar refractivity (Wildman–Crippen MR) is 142 cm³/mol. The van der Waals surface area contributed by atoms with Crippen LogP contribution in [0.3, 0.4) is 0 Å². The number of carbonyl (C=O) groups is 1. The van der Waals surface area contributed by atoms with Crippen LogP contribution in [0.4, 0.5) is 18.9 Å². The average molecular weight is 530 g/mol. The van der Waals surface area contributed by atoms with E-state index in [0.29, 0.717) is 38.3 Å². The van der Waals surface area contributed by atoms with Gasteiger partial charge in [0.1, 0.15) is 17.5 Å². The summed E-state index contributed by atoms with van der Waals surface area (Å²) in [7, 11) is 0. The smallest absolute Gasteiger partial charge is 0.227 e. The standard InChI is InChI=1S/C30H38F3N3O2/c1-19-15-35(16-20(2)36(19)23-8-5-21(31)6-9-23)29(37)27-18-34(24-11-12-38-30(3,4)14-24)17-26(27)25-10-7-22(32)13-28(25)33/h5-10,13,19-20,24,26-27H,11-12,14-18H2,1-4H3/t19-,20+,24?,26-,27+/m1/s1. The lowest BCUT2D eigenvalue weighted by molar-refractivity contribution is -0.137. The largest absolute Gasteiger partial charge is 0.375 e. The van der Waals surface area contributed by atoms with Gasteiger partial charge in [0.05, 0.1) is 11.5 Å². The van der Waals surface area contributed by atoms with E-state index in [1.807, 2.05) is 4.90 Å². The van der Waals surface area contributed by atoms with Crippen LogP contribution in [0.25, 0.3) is 0 Å². The molecule has 0 saturated carbocycles. The zero-order valence-electron chi connectivity index (χ0n) is 22.7. The maximum Gasteiger partial charge on any atom is 0.227 e. The summed E-state index contributed by atoms with van der Waals surface area (Å²) in [6.45, 7) is 11.1. The maximum atomic E-state index is 15.0. The number of likely N-dealkylation sites (tertiary alicyclic amines) is 1. The molecule has 0 aromatic heterocycles.